The molecule has 1 aliphatic rings. The van der Waals surface area contributed by atoms with Crippen molar-refractivity contribution in [1.82, 2.24) is 15.3 Å². The van der Waals surface area contributed by atoms with Gasteiger partial charge in [0.15, 0.2) is 16.7 Å². The van der Waals surface area contributed by atoms with Crippen molar-refractivity contribution in [3.05, 3.63) is 95.7 Å². The molecule has 0 saturated carbocycles. The maximum absolute atomic E-state index is 12.7. The summed E-state index contributed by atoms with van der Waals surface area (Å²) in [4.78, 5) is 23.7. The summed E-state index contributed by atoms with van der Waals surface area (Å²) in [6, 6.07) is 14.9. The molecule has 1 N–H and O–H groups in total. The number of benzene rings is 2. The second kappa shape index (κ2) is 11.8. The molecule has 0 spiro atoms. The molecule has 0 radical (unpaired) electrons. The first-order valence-corrected chi connectivity index (χ1v) is 12.3. The number of rotatable bonds is 11. The Labute approximate surface area is 213 Å². The van der Waals surface area contributed by atoms with Crippen molar-refractivity contribution in [2.24, 2.45) is 0 Å². The molecule has 9 heteroatoms. The molecule has 180 valence electrons. The lowest BCUT2D eigenvalue weighted by Gasteiger charge is -2.20. The maximum Gasteiger partial charge on any atom is 0.251 e. The molecule has 3 aromatic rings. The number of fused-ring (bicyclic) bond motifs is 1. The van der Waals surface area contributed by atoms with Crippen LogP contribution in [0.5, 0.6) is 11.5 Å². The summed E-state index contributed by atoms with van der Waals surface area (Å²) in [7, 11) is 0. The Balaban J connectivity index is 1.38. The zero-order chi connectivity index (χ0) is 24.6. The summed E-state index contributed by atoms with van der Waals surface area (Å²) in [5.74, 6) is 2.56. The summed E-state index contributed by atoms with van der Waals surface area (Å²) in [6.45, 7) is 9.44. The minimum atomic E-state index is -0.152. The Morgan fingerprint density at radius 3 is 2.66 bits per heavy atom. The smallest absolute Gasteiger partial charge is 0.251 e. The van der Waals surface area contributed by atoms with Gasteiger partial charge in [-0.15, -0.1) is 13.2 Å². The number of aromatic nitrogens is 2. The van der Waals surface area contributed by atoms with E-state index in [4.69, 9.17) is 21.1 Å². The first-order valence-electron chi connectivity index (χ1n) is 11.0. The first kappa shape index (κ1) is 24.6. The number of nitrogens with one attached hydrogen (secondary N) is 1. The summed E-state index contributed by atoms with van der Waals surface area (Å²) in [5.41, 5.74) is 2.50. The van der Waals surface area contributed by atoms with Crippen LogP contribution in [0.1, 0.15) is 21.5 Å². The van der Waals surface area contributed by atoms with Crippen molar-refractivity contribution in [1.29, 1.82) is 0 Å². The van der Waals surface area contributed by atoms with Crippen LogP contribution in [0.2, 0.25) is 5.15 Å². The number of thioether (sulfide) groups is 1. The highest BCUT2D eigenvalue weighted by Gasteiger charge is 2.14. The van der Waals surface area contributed by atoms with Crippen LogP contribution in [0.25, 0.3) is 0 Å². The van der Waals surface area contributed by atoms with Gasteiger partial charge in [-0.3, -0.25) is 4.79 Å². The van der Waals surface area contributed by atoms with E-state index in [9.17, 15) is 4.79 Å². The van der Waals surface area contributed by atoms with Crippen molar-refractivity contribution in [3.63, 3.8) is 0 Å². The quantitative estimate of drug-likeness (QED) is 0.164. The topological polar surface area (TPSA) is 76.6 Å². The number of halogens is 1. The van der Waals surface area contributed by atoms with Crippen LogP contribution in [-0.4, -0.2) is 35.8 Å². The largest absolute Gasteiger partial charge is 0.454 e. The van der Waals surface area contributed by atoms with E-state index in [1.807, 2.05) is 41.3 Å². The van der Waals surface area contributed by atoms with Crippen LogP contribution in [0.15, 0.2) is 79.0 Å². The van der Waals surface area contributed by atoms with Crippen molar-refractivity contribution in [3.8, 4) is 11.5 Å². The lowest BCUT2D eigenvalue weighted by molar-refractivity contribution is 0.0950. The number of nitrogens with zero attached hydrogens (tertiary/aromatic N) is 3. The van der Waals surface area contributed by atoms with Crippen LogP contribution in [0, 0.1) is 0 Å². The molecular formula is C26H25ClN4O3S. The standard InChI is InChI=1S/C26H25ClN4O3S/c1-3-10-31(11-4-2)24-14-23(27)29-26(30-24)35-16-19-6-5-7-20(12-19)25(32)28-15-18-8-9-21-22(13-18)34-17-33-21/h3-9,12-14H,1-2,10-11,15-17H2,(H,28,32). The van der Waals surface area contributed by atoms with Crippen LogP contribution in [-0.2, 0) is 12.3 Å². The molecule has 7 nitrogen and oxygen atoms in total. The Hall–Kier alpha value is -3.49. The Morgan fingerprint density at radius 1 is 1.06 bits per heavy atom. The van der Waals surface area contributed by atoms with E-state index < -0.39 is 0 Å². The minimum Gasteiger partial charge on any atom is -0.454 e. The SMILES string of the molecule is C=CCN(CC=C)c1cc(Cl)nc(SCc2cccc(C(=O)NCc3ccc4c(c3)OCO4)c2)n1. The third-order valence-corrected chi connectivity index (χ3v) is 6.24. The molecule has 0 aliphatic carbocycles. The average molecular weight is 509 g/mol. The van der Waals surface area contributed by atoms with Gasteiger partial charge >= 0.3 is 0 Å². The molecular weight excluding hydrogens is 484 g/mol. The van der Waals surface area contributed by atoms with Gasteiger partial charge in [0.2, 0.25) is 6.79 Å². The first-order chi connectivity index (χ1) is 17.1. The average Bonchev–Trinajstić information content (AvgIpc) is 3.34. The van der Waals surface area contributed by atoms with E-state index in [0.717, 1.165) is 16.9 Å². The van der Waals surface area contributed by atoms with Gasteiger partial charge < -0.3 is 19.7 Å². The minimum absolute atomic E-state index is 0.152. The zero-order valence-corrected chi connectivity index (χ0v) is 20.6. The fourth-order valence-corrected chi connectivity index (χ4v) is 4.49. The number of anilines is 1. The number of hydrogen-bond acceptors (Lipinski definition) is 7. The number of ether oxygens (including phenoxy) is 2. The molecule has 35 heavy (non-hydrogen) atoms. The van der Waals surface area contributed by atoms with Gasteiger partial charge in [-0.2, -0.15) is 0 Å². The van der Waals surface area contributed by atoms with Crippen LogP contribution < -0.4 is 19.7 Å². The zero-order valence-electron chi connectivity index (χ0n) is 19.1. The predicted molar refractivity (Wildman–Crippen MR) is 139 cm³/mol. The number of hydrogen-bond donors (Lipinski definition) is 1. The fraction of sp³-hybridized carbons (Fsp3) is 0.192. The van der Waals surface area contributed by atoms with E-state index in [0.29, 0.717) is 52.8 Å². The lowest BCUT2D eigenvalue weighted by Crippen LogP contribution is -2.24. The predicted octanol–water partition coefficient (Wildman–Crippen LogP) is 5.26. The molecule has 0 saturated heterocycles. The van der Waals surface area contributed by atoms with Crippen molar-refractivity contribution in [2.45, 2.75) is 17.5 Å². The number of carbonyl (C=O) groups is 1. The maximum atomic E-state index is 12.7. The number of amides is 1. The monoisotopic (exact) mass is 508 g/mol. The molecule has 4 rings (SSSR count). The summed E-state index contributed by atoms with van der Waals surface area (Å²) >= 11 is 7.70. The van der Waals surface area contributed by atoms with Crippen LogP contribution in [0.4, 0.5) is 5.82 Å². The normalized spacial score (nSPS) is 11.7. The molecule has 1 amide bonds. The summed E-state index contributed by atoms with van der Waals surface area (Å²) < 4.78 is 10.7. The highest BCUT2D eigenvalue weighted by Crippen LogP contribution is 2.32. The van der Waals surface area contributed by atoms with Gasteiger partial charge in [-0.25, -0.2) is 9.97 Å². The second-order valence-electron chi connectivity index (χ2n) is 7.67. The highest BCUT2D eigenvalue weighted by atomic mass is 35.5. The Morgan fingerprint density at radius 2 is 1.86 bits per heavy atom. The van der Waals surface area contributed by atoms with E-state index >= 15 is 0 Å². The molecule has 2 heterocycles. The summed E-state index contributed by atoms with van der Waals surface area (Å²) in [6.07, 6.45) is 3.60. The van der Waals surface area contributed by atoms with E-state index in [1.165, 1.54) is 11.8 Å². The Bertz CT molecular complexity index is 1230. The van der Waals surface area contributed by atoms with Crippen LogP contribution in [0.3, 0.4) is 0 Å². The van der Waals surface area contributed by atoms with Crippen molar-refractivity contribution in [2.75, 3.05) is 24.8 Å². The van der Waals surface area contributed by atoms with Crippen molar-refractivity contribution < 1.29 is 14.3 Å². The molecule has 1 aromatic heterocycles. The van der Waals surface area contributed by atoms with Gasteiger partial charge in [-0.05, 0) is 35.4 Å². The molecule has 2 aromatic carbocycles. The second-order valence-corrected chi connectivity index (χ2v) is 9.00. The van der Waals surface area contributed by atoms with Gasteiger partial charge in [0.05, 0.1) is 0 Å². The molecule has 0 bridgehead atoms. The Kier molecular flexibility index (Phi) is 8.28. The third kappa shape index (κ3) is 6.55. The van der Waals surface area contributed by atoms with E-state index in [1.54, 1.807) is 24.3 Å². The van der Waals surface area contributed by atoms with Gasteiger partial charge in [-0.1, -0.05) is 53.7 Å². The molecule has 0 atom stereocenters. The van der Waals surface area contributed by atoms with Gasteiger partial charge in [0.25, 0.3) is 5.91 Å². The molecule has 0 unspecified atom stereocenters. The molecule has 0 fully saturated rings. The third-order valence-electron chi connectivity index (χ3n) is 5.13. The van der Waals surface area contributed by atoms with Crippen LogP contribution >= 0.6 is 23.4 Å². The number of carbonyl (C=O) groups excluding carboxylic acids is 1. The van der Waals surface area contributed by atoms with E-state index in [2.05, 4.69) is 28.4 Å². The van der Waals surface area contributed by atoms with Crippen molar-refractivity contribution >= 4 is 35.1 Å². The highest BCUT2D eigenvalue weighted by molar-refractivity contribution is 7.98. The lowest BCUT2D eigenvalue weighted by atomic mass is 10.1. The van der Waals surface area contributed by atoms with Gasteiger partial charge in [0, 0.05) is 37.0 Å². The summed E-state index contributed by atoms with van der Waals surface area (Å²) in [5, 5.41) is 3.88. The van der Waals surface area contributed by atoms with E-state index in [-0.39, 0.29) is 12.7 Å². The molecule has 1 aliphatic heterocycles. The van der Waals surface area contributed by atoms with Gasteiger partial charge in [0.1, 0.15) is 11.0 Å². The fourth-order valence-electron chi connectivity index (χ4n) is 3.47.